The van der Waals surface area contributed by atoms with Crippen LogP contribution in [0.4, 0.5) is 11.8 Å². The molecule has 4 aliphatic rings. The van der Waals surface area contributed by atoms with Crippen LogP contribution in [-0.2, 0) is 89.3 Å². The summed E-state index contributed by atoms with van der Waals surface area (Å²) in [5, 5.41) is 55.4. The molecule has 53 heteroatoms. The molecule has 0 bridgehead atoms. The third kappa shape index (κ3) is 13.9. The van der Waals surface area contributed by atoms with Gasteiger partial charge >= 0.3 is 44.8 Å². The number of fused-ring (bicyclic) bond motifs is 4. The maximum absolute atomic E-state index is 14.3. The molecule has 8 aromatic rings. The van der Waals surface area contributed by atoms with E-state index < -0.39 is 181 Å². The second kappa shape index (κ2) is 26.4. The first-order chi connectivity index (χ1) is 45.2. The number of rotatable bonds is 25. The fourth-order valence-corrected chi connectivity index (χ4v) is 16.3. The van der Waals surface area contributed by atoms with E-state index in [0.717, 1.165) is 46.1 Å². The Morgan fingerprint density at radius 2 is 1.07 bits per heavy atom. The van der Waals surface area contributed by atoms with Crippen molar-refractivity contribution in [3.63, 3.8) is 0 Å². The number of nitrogens with two attached hydrogens (primary N) is 2. The summed E-state index contributed by atoms with van der Waals surface area (Å²) in [6.07, 6.45) is -20.6. The minimum Gasteiger partial charge on any atom is -0.387 e. The molecule has 522 valence electrons. The quantitative estimate of drug-likeness (QED) is 0.0190. The van der Waals surface area contributed by atoms with Gasteiger partial charge in [0.1, 0.15) is 90.9 Å². The molecule has 12 heterocycles. The number of hydrogen-bond donors (Lipinski definition) is 14. The zero-order chi connectivity index (χ0) is 68.9. The number of H-pyrrole nitrogens is 2. The zero-order valence-corrected chi connectivity index (χ0v) is 53.4. The molecule has 0 spiro atoms. The number of nitrogen functional groups attached to an aromatic ring is 2. The summed E-state index contributed by atoms with van der Waals surface area (Å²) >= 11 is 0. The monoisotopic (exact) mass is 1460 g/mol. The van der Waals surface area contributed by atoms with Crippen molar-refractivity contribution >= 4 is 95.5 Å². The largest absolute Gasteiger partial charge is 0.490 e. The second-order valence-electron chi connectivity index (χ2n) is 21.4. The van der Waals surface area contributed by atoms with Crippen LogP contribution in [0.25, 0.3) is 44.7 Å². The molecule has 0 aliphatic carbocycles. The van der Waals surface area contributed by atoms with Crippen molar-refractivity contribution < 1.29 is 137 Å². The highest BCUT2D eigenvalue weighted by Crippen LogP contribution is 2.68. The van der Waals surface area contributed by atoms with Crippen molar-refractivity contribution in [1.82, 2.24) is 73.1 Å². The molecule has 12 rings (SSSR count). The number of imidazole rings is 4. The Labute approximate surface area is 531 Å². The summed E-state index contributed by atoms with van der Waals surface area (Å²) in [6, 6.07) is 0. The van der Waals surface area contributed by atoms with Gasteiger partial charge in [-0.15, -0.1) is 0 Å². The van der Waals surface area contributed by atoms with Gasteiger partial charge in [-0.25, -0.2) is 62.3 Å². The lowest BCUT2D eigenvalue weighted by Gasteiger charge is -2.27. The van der Waals surface area contributed by atoms with E-state index in [4.69, 9.17) is 62.3 Å². The van der Waals surface area contributed by atoms with Crippen LogP contribution in [0.2, 0.25) is 0 Å². The number of aromatic amines is 2. The molecule has 48 nitrogen and oxygen atoms in total. The van der Waals surface area contributed by atoms with Crippen LogP contribution in [0.5, 0.6) is 0 Å². The van der Waals surface area contributed by atoms with Crippen LogP contribution in [0.1, 0.15) is 30.7 Å². The fourth-order valence-electron chi connectivity index (χ4n) is 10.9. The van der Waals surface area contributed by atoms with E-state index in [1.807, 2.05) is 0 Å². The third-order valence-electron chi connectivity index (χ3n) is 15.2. The molecule has 4 fully saturated rings. The SMILES string of the molecule is COC1C(OP(=O)(O)OCC2OC(n3cnc4c(=O)[nH]c(N)nc43)C(O)C2OP(=O)(O)OCC2OC(n3cnc4c(=O)[nH]c(C)nc43)C(O)C2O)C(COP(=O)(O)OP(=O)(O)OP(=O)(O)OCC2OC([n+]3cn(C)c4cncnc43)C(O)C2O)OC1n1cnc2c(N)ncnc21. The van der Waals surface area contributed by atoms with E-state index in [-0.39, 0.29) is 50.8 Å². The molecule has 0 amide bonds. The second-order valence-corrected chi connectivity index (χ2v) is 28.9. The van der Waals surface area contributed by atoms with Crippen LogP contribution in [0.3, 0.4) is 0 Å². The number of methoxy groups -OCH3 is 1. The molecule has 21 atom stereocenters. The molecule has 0 saturated carbocycles. The molecule has 21 unspecified atom stereocenters. The minimum atomic E-state index is -6.27. The number of aromatic nitrogens is 16. The van der Waals surface area contributed by atoms with Gasteiger partial charge in [0.15, 0.2) is 70.6 Å². The average Bonchev–Trinajstić information content (AvgIpc) is 1.63. The van der Waals surface area contributed by atoms with Gasteiger partial charge in [0.25, 0.3) is 11.1 Å². The van der Waals surface area contributed by atoms with Crippen molar-refractivity contribution in [1.29, 1.82) is 0 Å². The van der Waals surface area contributed by atoms with Gasteiger partial charge in [0.05, 0.1) is 58.7 Å². The number of aliphatic hydroxyl groups is 5. The van der Waals surface area contributed by atoms with E-state index in [9.17, 15) is 82.4 Å². The Morgan fingerprint density at radius 3 is 1.71 bits per heavy atom. The number of hydrogen-bond acceptors (Lipinski definition) is 36. The highest BCUT2D eigenvalue weighted by atomic mass is 31.3. The number of phosphoric acid groups is 5. The van der Waals surface area contributed by atoms with E-state index in [0.29, 0.717) is 5.52 Å². The number of ether oxygens (including phenoxy) is 5. The maximum atomic E-state index is 14.3. The highest BCUT2D eigenvalue weighted by Gasteiger charge is 2.56. The molecular weight excluding hydrogens is 1400 g/mol. The Kier molecular flexibility index (Phi) is 19.1. The maximum Gasteiger partial charge on any atom is 0.490 e. The van der Waals surface area contributed by atoms with E-state index in [1.165, 1.54) is 30.3 Å². The van der Waals surface area contributed by atoms with Crippen LogP contribution in [0.15, 0.2) is 53.7 Å². The van der Waals surface area contributed by atoms with Crippen molar-refractivity contribution in [2.75, 3.05) is 45.0 Å². The molecule has 4 saturated heterocycles. The number of aryl methyl sites for hydroxylation is 2. The first kappa shape index (κ1) is 69.5. The molecule has 4 aliphatic heterocycles. The summed E-state index contributed by atoms with van der Waals surface area (Å²) in [5.41, 5.74) is 10.0. The van der Waals surface area contributed by atoms with Gasteiger partial charge in [-0.05, 0) is 6.92 Å². The lowest BCUT2D eigenvalue weighted by atomic mass is 10.1. The number of phosphoric ester groups is 4. The lowest BCUT2D eigenvalue weighted by Crippen LogP contribution is -2.45. The Bertz CT molecular complexity index is 4630. The third-order valence-corrected chi connectivity index (χ3v) is 21.4. The fraction of sp³-hybridized carbons (Fsp3) is 0.535. The summed E-state index contributed by atoms with van der Waals surface area (Å²) in [4.78, 5) is 121. The molecule has 16 N–H and O–H groups in total. The molecular formula is C43H56N18O30P5+. The molecule has 8 aromatic heterocycles. The summed E-state index contributed by atoms with van der Waals surface area (Å²) < 4.78 is 143. The summed E-state index contributed by atoms with van der Waals surface area (Å²) in [5.74, 6) is -0.438. The molecule has 0 radical (unpaired) electrons. The Morgan fingerprint density at radius 1 is 0.562 bits per heavy atom. The van der Waals surface area contributed by atoms with Crippen LogP contribution in [0, 0.1) is 6.92 Å². The topological polar surface area (TPSA) is 665 Å². The van der Waals surface area contributed by atoms with Crippen molar-refractivity contribution in [3.8, 4) is 0 Å². The van der Waals surface area contributed by atoms with Crippen molar-refractivity contribution in [2.24, 2.45) is 7.05 Å². The molecule has 0 aromatic carbocycles. The van der Waals surface area contributed by atoms with E-state index >= 15 is 0 Å². The molecule has 96 heavy (non-hydrogen) atoms. The van der Waals surface area contributed by atoms with Gasteiger partial charge < -0.3 is 90.1 Å². The van der Waals surface area contributed by atoms with Gasteiger partial charge in [0, 0.05) is 7.11 Å². The first-order valence-corrected chi connectivity index (χ1v) is 35.0. The van der Waals surface area contributed by atoms with Crippen molar-refractivity contribution in [2.45, 2.75) is 105 Å². The van der Waals surface area contributed by atoms with Gasteiger partial charge in [-0.3, -0.25) is 60.0 Å². The van der Waals surface area contributed by atoms with Gasteiger partial charge in [-0.2, -0.15) is 13.6 Å². The van der Waals surface area contributed by atoms with Gasteiger partial charge in [-0.1, -0.05) is 4.98 Å². The predicted octanol–water partition coefficient (Wildman–Crippen LogP) is -4.38. The normalized spacial score (nSPS) is 31.1. The first-order valence-electron chi connectivity index (χ1n) is 27.5. The number of aliphatic hydroxyl groups excluding tert-OH is 5. The summed E-state index contributed by atoms with van der Waals surface area (Å²) in [6.45, 7) is -3.34. The zero-order valence-electron chi connectivity index (χ0n) is 48.9. The van der Waals surface area contributed by atoms with E-state index in [1.54, 1.807) is 11.6 Å². The predicted molar refractivity (Wildman–Crippen MR) is 305 cm³/mol. The standard InChI is InChI=1S/C43H55N18O30P5/c1-15-53-35-22(37(67)54-15)51-12-59(35)39-26(64)24(62)17(84-39)5-80-92(69,70)88-29-19(86-41(28(29)66)60-13-52-23-36(60)55-43(45)56-38(23)68)7-81-93(71,72)89-30-20(87-42(31(30)79-3)58-11-50-21-32(44)47-10-49-34(21)58)8-83-95(75,76)91-96(77,78)90-94(73,74)82-6-18-25(63)27(65)40(85-18)61-14-57(2)16-4-46-9-48-33(16)61/h4,9-14,17-20,24-31,39-42,62-66H,5-8H2,1-3H3,(H10-,44,45,47,49,53,54,55,56,67,68,69,70,71,72,73,74,75,76,77,78)/p+1. The summed E-state index contributed by atoms with van der Waals surface area (Å²) in [7, 11) is -26.9. The Balaban J connectivity index is 0.741. The van der Waals surface area contributed by atoms with Crippen LogP contribution >= 0.6 is 39.1 Å². The lowest BCUT2D eigenvalue weighted by molar-refractivity contribution is -0.745. The van der Waals surface area contributed by atoms with Crippen LogP contribution in [-0.4, -0.2) is 230 Å². The average molecular weight is 1460 g/mol. The minimum absolute atomic E-state index is 0.0177. The smallest absolute Gasteiger partial charge is 0.387 e. The number of nitrogens with one attached hydrogen (secondary N) is 2. The number of anilines is 2. The number of nitrogens with zero attached hydrogens (tertiary/aromatic N) is 14. The highest BCUT2D eigenvalue weighted by molar-refractivity contribution is 7.66. The van der Waals surface area contributed by atoms with E-state index in [2.05, 4.69) is 63.4 Å². The van der Waals surface area contributed by atoms with Crippen LogP contribution < -0.4 is 27.2 Å². The Hall–Kier alpha value is -6.37. The van der Waals surface area contributed by atoms with Crippen molar-refractivity contribution in [3.05, 3.63) is 70.7 Å². The van der Waals surface area contributed by atoms with Gasteiger partial charge in [0.2, 0.25) is 12.2 Å².